The Labute approximate surface area is 124 Å². The molecule has 3 rings (SSSR count). The average Bonchev–Trinajstić information content (AvgIpc) is 3.03. The molecule has 1 fully saturated rings. The van der Waals surface area contributed by atoms with Gasteiger partial charge < -0.3 is 20.1 Å². The summed E-state index contributed by atoms with van der Waals surface area (Å²) in [6.45, 7) is 0.445. The first-order valence-corrected chi connectivity index (χ1v) is 7.61. The minimum atomic E-state index is -0.661. The van der Waals surface area contributed by atoms with Gasteiger partial charge in [-0.1, -0.05) is 12.8 Å². The summed E-state index contributed by atoms with van der Waals surface area (Å²) in [4.78, 5) is 4.32. The Bertz CT molecular complexity index is 617. The zero-order valence-electron chi connectivity index (χ0n) is 12.4. The average molecular weight is 289 g/mol. The Kier molecular flexibility index (Phi) is 3.87. The second-order valence-corrected chi connectivity index (χ2v) is 6.23. The van der Waals surface area contributed by atoms with Crippen LogP contribution in [0.15, 0.2) is 24.5 Å². The molecular formula is C16H23N3O2. The zero-order chi connectivity index (χ0) is 14.9. The molecule has 1 aromatic carbocycles. The third kappa shape index (κ3) is 3.19. The summed E-state index contributed by atoms with van der Waals surface area (Å²) in [5.41, 5.74) is 2.30. The lowest BCUT2D eigenvalue weighted by Gasteiger charge is -2.25. The van der Waals surface area contributed by atoms with Crippen LogP contribution >= 0.6 is 0 Å². The Morgan fingerprint density at radius 3 is 2.90 bits per heavy atom. The van der Waals surface area contributed by atoms with Crippen LogP contribution in [0.2, 0.25) is 0 Å². The number of benzene rings is 1. The van der Waals surface area contributed by atoms with E-state index in [1.165, 1.54) is 0 Å². The number of hydrogen-bond donors (Lipinski definition) is 3. The first kappa shape index (κ1) is 14.4. The molecule has 5 nitrogen and oxygen atoms in total. The summed E-state index contributed by atoms with van der Waals surface area (Å²) >= 11 is 0. The molecule has 114 valence electrons. The van der Waals surface area contributed by atoms with E-state index in [4.69, 9.17) is 0 Å². The van der Waals surface area contributed by atoms with Crippen molar-refractivity contribution < 1.29 is 10.2 Å². The van der Waals surface area contributed by atoms with Crippen LogP contribution in [0.3, 0.4) is 0 Å². The first-order chi connectivity index (χ1) is 10.1. The van der Waals surface area contributed by atoms with Crippen LogP contribution in [0, 0.1) is 0 Å². The smallest absolute Gasteiger partial charge is 0.0955 e. The third-order valence-electron chi connectivity index (χ3n) is 4.42. The fourth-order valence-electron chi connectivity index (χ4n) is 3.23. The monoisotopic (exact) mass is 289 g/mol. The Balaban J connectivity index is 1.58. The predicted octanol–water partition coefficient (Wildman–Crippen LogP) is 2.04. The molecule has 0 saturated heterocycles. The number of aliphatic hydroxyl groups is 2. The molecule has 0 bridgehead atoms. The molecule has 2 aromatic rings. The van der Waals surface area contributed by atoms with E-state index < -0.39 is 11.7 Å². The van der Waals surface area contributed by atoms with Crippen LogP contribution in [0.1, 0.15) is 32.1 Å². The first-order valence-electron chi connectivity index (χ1n) is 7.61. The van der Waals surface area contributed by atoms with Crippen molar-refractivity contribution >= 4 is 16.7 Å². The number of nitrogens with one attached hydrogen (secondary N) is 1. The maximum absolute atomic E-state index is 10.3. The SMILES string of the molecule is Cn1cnc2cc(NCC(O)CC3(O)CCCC3)ccc21. The summed E-state index contributed by atoms with van der Waals surface area (Å²) < 4.78 is 1.98. The summed E-state index contributed by atoms with van der Waals surface area (Å²) in [7, 11) is 1.97. The van der Waals surface area contributed by atoms with Crippen LogP contribution in [-0.4, -0.2) is 38.0 Å². The second kappa shape index (κ2) is 5.66. The number of rotatable bonds is 5. The Morgan fingerprint density at radius 1 is 1.38 bits per heavy atom. The third-order valence-corrected chi connectivity index (χ3v) is 4.42. The lowest BCUT2D eigenvalue weighted by Crippen LogP contribution is -2.33. The van der Waals surface area contributed by atoms with E-state index in [2.05, 4.69) is 10.3 Å². The molecule has 0 aliphatic heterocycles. The largest absolute Gasteiger partial charge is 0.391 e. The van der Waals surface area contributed by atoms with Crippen molar-refractivity contribution in [3.8, 4) is 0 Å². The van der Waals surface area contributed by atoms with Gasteiger partial charge in [-0.3, -0.25) is 0 Å². The molecule has 1 aliphatic rings. The van der Waals surface area contributed by atoms with E-state index in [0.717, 1.165) is 42.4 Å². The van der Waals surface area contributed by atoms with Crippen molar-refractivity contribution in [2.24, 2.45) is 7.05 Å². The molecule has 1 aliphatic carbocycles. The fraction of sp³-hybridized carbons (Fsp3) is 0.562. The van der Waals surface area contributed by atoms with Crippen LogP contribution < -0.4 is 5.32 Å². The molecule has 3 N–H and O–H groups in total. The van der Waals surface area contributed by atoms with E-state index in [0.29, 0.717) is 13.0 Å². The number of fused-ring (bicyclic) bond motifs is 1. The van der Waals surface area contributed by atoms with E-state index in [9.17, 15) is 10.2 Å². The van der Waals surface area contributed by atoms with E-state index in [1.54, 1.807) is 6.33 Å². The standard InChI is InChI=1S/C16H23N3O2/c1-19-11-18-14-8-12(4-5-15(14)19)17-10-13(20)9-16(21)6-2-3-7-16/h4-5,8,11,13,17,20-21H,2-3,6-7,9-10H2,1H3. The molecule has 1 aromatic heterocycles. The van der Waals surface area contributed by atoms with E-state index in [1.807, 2.05) is 29.8 Å². The van der Waals surface area contributed by atoms with Crippen molar-refractivity contribution in [3.05, 3.63) is 24.5 Å². The molecular weight excluding hydrogens is 266 g/mol. The van der Waals surface area contributed by atoms with Gasteiger partial charge in [0, 0.05) is 25.7 Å². The number of nitrogens with zero attached hydrogens (tertiary/aromatic N) is 2. The van der Waals surface area contributed by atoms with Crippen molar-refractivity contribution in [1.82, 2.24) is 9.55 Å². The van der Waals surface area contributed by atoms with Crippen LogP contribution in [0.5, 0.6) is 0 Å². The lowest BCUT2D eigenvalue weighted by atomic mass is 9.94. The number of anilines is 1. The number of aromatic nitrogens is 2. The van der Waals surface area contributed by atoms with Gasteiger partial charge in [0.25, 0.3) is 0 Å². The summed E-state index contributed by atoms with van der Waals surface area (Å²) in [5.74, 6) is 0. The molecule has 0 amide bonds. The summed E-state index contributed by atoms with van der Waals surface area (Å²) in [5, 5.41) is 23.6. The molecule has 1 heterocycles. The molecule has 0 spiro atoms. The van der Waals surface area contributed by atoms with Gasteiger partial charge in [-0.25, -0.2) is 4.98 Å². The van der Waals surface area contributed by atoms with Gasteiger partial charge >= 0.3 is 0 Å². The van der Waals surface area contributed by atoms with E-state index in [-0.39, 0.29) is 0 Å². The van der Waals surface area contributed by atoms with Gasteiger partial charge in [0.2, 0.25) is 0 Å². The molecule has 5 heteroatoms. The Hall–Kier alpha value is -1.59. The Morgan fingerprint density at radius 2 is 2.14 bits per heavy atom. The van der Waals surface area contributed by atoms with Crippen molar-refractivity contribution in [2.75, 3.05) is 11.9 Å². The van der Waals surface area contributed by atoms with Gasteiger partial charge in [0.15, 0.2) is 0 Å². The van der Waals surface area contributed by atoms with Crippen LogP contribution in [0.25, 0.3) is 11.0 Å². The second-order valence-electron chi connectivity index (χ2n) is 6.23. The highest BCUT2D eigenvalue weighted by atomic mass is 16.3. The quantitative estimate of drug-likeness (QED) is 0.788. The maximum Gasteiger partial charge on any atom is 0.0955 e. The van der Waals surface area contributed by atoms with Crippen LogP contribution in [-0.2, 0) is 7.05 Å². The van der Waals surface area contributed by atoms with Gasteiger partial charge in [0.05, 0.1) is 29.1 Å². The molecule has 0 radical (unpaired) electrons. The minimum Gasteiger partial charge on any atom is -0.391 e. The highest BCUT2D eigenvalue weighted by molar-refractivity contribution is 5.79. The van der Waals surface area contributed by atoms with Crippen LogP contribution in [0.4, 0.5) is 5.69 Å². The predicted molar refractivity (Wildman–Crippen MR) is 83.2 cm³/mol. The topological polar surface area (TPSA) is 70.3 Å². The summed E-state index contributed by atoms with van der Waals surface area (Å²) in [6, 6.07) is 5.98. The number of hydrogen-bond acceptors (Lipinski definition) is 4. The molecule has 1 saturated carbocycles. The van der Waals surface area contributed by atoms with Crippen molar-refractivity contribution in [3.63, 3.8) is 0 Å². The van der Waals surface area contributed by atoms with Crippen molar-refractivity contribution in [2.45, 2.75) is 43.8 Å². The van der Waals surface area contributed by atoms with Crippen molar-refractivity contribution in [1.29, 1.82) is 0 Å². The molecule has 1 unspecified atom stereocenters. The number of imidazole rings is 1. The zero-order valence-corrected chi connectivity index (χ0v) is 12.4. The van der Waals surface area contributed by atoms with E-state index >= 15 is 0 Å². The normalized spacial score (nSPS) is 19.0. The maximum atomic E-state index is 10.3. The minimum absolute atomic E-state index is 0.445. The van der Waals surface area contributed by atoms with Gasteiger partial charge in [-0.15, -0.1) is 0 Å². The fourth-order valence-corrected chi connectivity index (χ4v) is 3.23. The van der Waals surface area contributed by atoms with Gasteiger partial charge in [0.1, 0.15) is 0 Å². The van der Waals surface area contributed by atoms with Gasteiger partial charge in [-0.05, 0) is 31.0 Å². The number of aliphatic hydroxyl groups excluding tert-OH is 1. The molecule has 1 atom stereocenters. The van der Waals surface area contributed by atoms with Gasteiger partial charge in [-0.2, -0.15) is 0 Å². The highest BCUT2D eigenvalue weighted by Crippen LogP contribution is 2.33. The lowest BCUT2D eigenvalue weighted by molar-refractivity contribution is -0.00154. The highest BCUT2D eigenvalue weighted by Gasteiger charge is 2.33. The number of aryl methyl sites for hydroxylation is 1. The summed E-state index contributed by atoms with van der Waals surface area (Å²) in [6.07, 6.45) is 5.45. The molecule has 21 heavy (non-hydrogen) atoms.